The molecule has 0 aliphatic heterocycles. The van der Waals surface area contributed by atoms with Crippen molar-refractivity contribution in [2.45, 2.75) is 12.8 Å². The SMILES string of the molecule is COc1ccccc1CCC(=O)Nc1cccc(-c2nc3ccccc3c(=O)o2)c1. The molecule has 4 aromatic rings. The van der Waals surface area contributed by atoms with E-state index in [9.17, 15) is 9.59 Å². The highest BCUT2D eigenvalue weighted by molar-refractivity contribution is 5.91. The number of para-hydroxylation sites is 2. The van der Waals surface area contributed by atoms with Gasteiger partial charge in [0.25, 0.3) is 0 Å². The zero-order valence-electron chi connectivity index (χ0n) is 16.4. The Hall–Kier alpha value is -3.93. The molecule has 0 bridgehead atoms. The number of benzene rings is 3. The maximum Gasteiger partial charge on any atom is 0.347 e. The van der Waals surface area contributed by atoms with E-state index >= 15 is 0 Å². The van der Waals surface area contributed by atoms with Gasteiger partial charge in [-0.1, -0.05) is 36.4 Å². The summed E-state index contributed by atoms with van der Waals surface area (Å²) in [6, 6.07) is 21.7. The van der Waals surface area contributed by atoms with Gasteiger partial charge >= 0.3 is 5.63 Å². The Labute approximate surface area is 173 Å². The van der Waals surface area contributed by atoms with Gasteiger partial charge in [0.1, 0.15) is 5.75 Å². The van der Waals surface area contributed by atoms with Crippen LogP contribution < -0.4 is 15.7 Å². The average molecular weight is 400 g/mol. The second-order valence-electron chi connectivity index (χ2n) is 6.76. The number of carbonyl (C=O) groups excluding carboxylic acids is 1. The third-order valence-electron chi connectivity index (χ3n) is 4.74. The standard InChI is InChI=1S/C24H20N2O4/c1-29-21-12-5-2-7-16(21)13-14-22(27)25-18-9-6-8-17(15-18)23-26-20-11-4-3-10-19(20)24(28)30-23/h2-12,15H,13-14H2,1H3,(H,25,27). The lowest BCUT2D eigenvalue weighted by molar-refractivity contribution is -0.116. The van der Waals surface area contributed by atoms with Crippen molar-refractivity contribution in [2.75, 3.05) is 12.4 Å². The molecule has 0 unspecified atom stereocenters. The molecule has 0 atom stereocenters. The van der Waals surface area contributed by atoms with Gasteiger partial charge in [-0.25, -0.2) is 9.78 Å². The molecule has 0 fully saturated rings. The fraction of sp³-hybridized carbons (Fsp3) is 0.125. The number of nitrogens with one attached hydrogen (secondary N) is 1. The number of anilines is 1. The van der Waals surface area contributed by atoms with Crippen LogP contribution in [0.3, 0.4) is 0 Å². The van der Waals surface area contributed by atoms with Crippen molar-refractivity contribution in [3.8, 4) is 17.2 Å². The van der Waals surface area contributed by atoms with Gasteiger partial charge in [-0.2, -0.15) is 0 Å². The van der Waals surface area contributed by atoms with Gasteiger partial charge in [0.15, 0.2) is 0 Å². The largest absolute Gasteiger partial charge is 0.496 e. The van der Waals surface area contributed by atoms with E-state index in [1.54, 1.807) is 49.6 Å². The van der Waals surface area contributed by atoms with Crippen LogP contribution in [0.25, 0.3) is 22.4 Å². The second-order valence-corrected chi connectivity index (χ2v) is 6.76. The first-order chi connectivity index (χ1) is 14.6. The molecular weight excluding hydrogens is 380 g/mol. The highest BCUT2D eigenvalue weighted by Gasteiger charge is 2.11. The van der Waals surface area contributed by atoms with E-state index in [0.29, 0.717) is 35.0 Å². The number of amides is 1. The molecule has 30 heavy (non-hydrogen) atoms. The van der Waals surface area contributed by atoms with Gasteiger partial charge in [0, 0.05) is 17.7 Å². The molecule has 1 aromatic heterocycles. The van der Waals surface area contributed by atoms with E-state index in [0.717, 1.165) is 11.3 Å². The first kappa shape index (κ1) is 19.4. The van der Waals surface area contributed by atoms with Crippen molar-refractivity contribution in [1.82, 2.24) is 4.98 Å². The van der Waals surface area contributed by atoms with Crippen LogP contribution in [-0.4, -0.2) is 18.0 Å². The summed E-state index contributed by atoms with van der Waals surface area (Å²) in [6.45, 7) is 0. The molecule has 6 nitrogen and oxygen atoms in total. The van der Waals surface area contributed by atoms with Crippen molar-refractivity contribution in [2.24, 2.45) is 0 Å². The van der Waals surface area contributed by atoms with Gasteiger partial charge in [-0.15, -0.1) is 0 Å². The molecule has 150 valence electrons. The first-order valence-corrected chi connectivity index (χ1v) is 9.56. The van der Waals surface area contributed by atoms with E-state index in [4.69, 9.17) is 9.15 Å². The summed E-state index contributed by atoms with van der Waals surface area (Å²) in [6.07, 6.45) is 0.880. The number of hydrogen-bond acceptors (Lipinski definition) is 5. The molecule has 1 N–H and O–H groups in total. The minimum Gasteiger partial charge on any atom is -0.496 e. The molecule has 0 radical (unpaired) electrons. The van der Waals surface area contributed by atoms with E-state index < -0.39 is 5.63 Å². The van der Waals surface area contributed by atoms with Crippen molar-refractivity contribution in [3.63, 3.8) is 0 Å². The first-order valence-electron chi connectivity index (χ1n) is 9.56. The molecule has 1 amide bonds. The van der Waals surface area contributed by atoms with Crippen molar-refractivity contribution >= 4 is 22.5 Å². The van der Waals surface area contributed by atoms with Crippen LogP contribution in [0.4, 0.5) is 5.69 Å². The smallest absolute Gasteiger partial charge is 0.347 e. The van der Waals surface area contributed by atoms with E-state index in [1.165, 1.54) is 0 Å². The Bertz CT molecular complexity index is 1260. The quantitative estimate of drug-likeness (QED) is 0.518. The fourth-order valence-electron chi connectivity index (χ4n) is 3.25. The number of nitrogens with zero attached hydrogens (tertiary/aromatic N) is 1. The minimum atomic E-state index is -0.443. The molecule has 0 saturated carbocycles. The van der Waals surface area contributed by atoms with Crippen LogP contribution in [0, 0.1) is 0 Å². The van der Waals surface area contributed by atoms with Gasteiger partial charge in [-0.05, 0) is 48.4 Å². The Morgan fingerprint density at radius 2 is 1.83 bits per heavy atom. The lowest BCUT2D eigenvalue weighted by Crippen LogP contribution is -2.12. The van der Waals surface area contributed by atoms with Gasteiger partial charge in [-0.3, -0.25) is 4.79 Å². The zero-order valence-corrected chi connectivity index (χ0v) is 16.4. The van der Waals surface area contributed by atoms with Crippen LogP contribution >= 0.6 is 0 Å². The summed E-state index contributed by atoms with van der Waals surface area (Å²) < 4.78 is 10.7. The summed E-state index contributed by atoms with van der Waals surface area (Å²) in [5.41, 5.74) is 2.32. The number of aromatic nitrogens is 1. The Kier molecular flexibility index (Phi) is 5.57. The Balaban J connectivity index is 1.50. The molecular formula is C24H20N2O4. The van der Waals surface area contributed by atoms with Crippen molar-refractivity contribution in [1.29, 1.82) is 0 Å². The number of rotatable bonds is 6. The summed E-state index contributed by atoms with van der Waals surface area (Å²) in [7, 11) is 1.61. The molecule has 0 aliphatic rings. The van der Waals surface area contributed by atoms with Gasteiger partial charge in [0.2, 0.25) is 11.8 Å². The van der Waals surface area contributed by atoms with Gasteiger partial charge in [0.05, 0.1) is 18.0 Å². The molecule has 6 heteroatoms. The highest BCUT2D eigenvalue weighted by Crippen LogP contribution is 2.23. The number of carbonyl (C=O) groups is 1. The van der Waals surface area contributed by atoms with Gasteiger partial charge < -0.3 is 14.5 Å². The minimum absolute atomic E-state index is 0.119. The highest BCUT2D eigenvalue weighted by atomic mass is 16.5. The molecule has 3 aromatic carbocycles. The van der Waals surface area contributed by atoms with Crippen LogP contribution in [0.1, 0.15) is 12.0 Å². The van der Waals surface area contributed by atoms with Crippen LogP contribution in [0.2, 0.25) is 0 Å². The predicted octanol–water partition coefficient (Wildman–Crippen LogP) is 4.43. The number of aryl methyl sites for hydroxylation is 1. The molecule has 1 heterocycles. The fourth-order valence-corrected chi connectivity index (χ4v) is 3.25. The Morgan fingerprint density at radius 1 is 1.03 bits per heavy atom. The molecule has 4 rings (SSSR count). The van der Waals surface area contributed by atoms with E-state index in [1.807, 2.05) is 30.3 Å². The third kappa shape index (κ3) is 4.22. The lowest BCUT2D eigenvalue weighted by Gasteiger charge is -2.09. The van der Waals surface area contributed by atoms with Crippen molar-refractivity contribution < 1.29 is 13.9 Å². The monoisotopic (exact) mass is 400 g/mol. The lowest BCUT2D eigenvalue weighted by atomic mass is 10.1. The summed E-state index contributed by atoms with van der Waals surface area (Å²) in [5, 5.41) is 3.32. The van der Waals surface area contributed by atoms with Crippen molar-refractivity contribution in [3.05, 3.63) is 88.8 Å². The second kappa shape index (κ2) is 8.61. The zero-order chi connectivity index (χ0) is 20.9. The van der Waals surface area contributed by atoms with E-state index in [2.05, 4.69) is 10.3 Å². The number of fused-ring (bicyclic) bond motifs is 1. The topological polar surface area (TPSA) is 81.4 Å². The summed E-state index contributed by atoms with van der Waals surface area (Å²) >= 11 is 0. The number of methoxy groups -OCH3 is 1. The average Bonchev–Trinajstić information content (AvgIpc) is 2.78. The van der Waals surface area contributed by atoms with Crippen LogP contribution in [0.15, 0.2) is 82.0 Å². The summed E-state index contributed by atoms with van der Waals surface area (Å²) in [4.78, 5) is 29.1. The maximum absolute atomic E-state index is 12.4. The number of ether oxygens (including phenoxy) is 1. The molecule has 0 aliphatic carbocycles. The Morgan fingerprint density at radius 3 is 2.70 bits per heavy atom. The summed E-state index contributed by atoms with van der Waals surface area (Å²) in [5.74, 6) is 0.861. The third-order valence-corrected chi connectivity index (χ3v) is 4.74. The maximum atomic E-state index is 12.4. The predicted molar refractivity (Wildman–Crippen MR) is 116 cm³/mol. The molecule has 0 spiro atoms. The normalized spacial score (nSPS) is 10.7. The van der Waals surface area contributed by atoms with Crippen LogP contribution in [0.5, 0.6) is 5.75 Å². The van der Waals surface area contributed by atoms with E-state index in [-0.39, 0.29) is 11.8 Å². The van der Waals surface area contributed by atoms with Crippen LogP contribution in [-0.2, 0) is 11.2 Å². The number of hydrogen-bond donors (Lipinski definition) is 1. The molecule has 0 saturated heterocycles.